The van der Waals surface area contributed by atoms with Gasteiger partial charge in [0, 0.05) is 37.5 Å². The summed E-state index contributed by atoms with van der Waals surface area (Å²) in [4.78, 5) is 6.59. The van der Waals surface area contributed by atoms with Gasteiger partial charge in [0.05, 0.1) is 36.6 Å². The van der Waals surface area contributed by atoms with Crippen molar-refractivity contribution in [3.63, 3.8) is 0 Å². The summed E-state index contributed by atoms with van der Waals surface area (Å²) in [6.45, 7) is 2.77. The molecule has 0 aliphatic carbocycles. The number of pyridine rings is 1. The van der Waals surface area contributed by atoms with Gasteiger partial charge in [0.15, 0.2) is 0 Å². The highest BCUT2D eigenvalue weighted by Gasteiger charge is 2.40. The summed E-state index contributed by atoms with van der Waals surface area (Å²) in [5, 5.41) is 9.03. The van der Waals surface area contributed by atoms with Crippen LogP contribution < -0.4 is 4.74 Å². The smallest absolute Gasteiger partial charge is 0.212 e. The molecule has 2 atom stereocenters. The normalized spacial score (nSPS) is 20.4. The van der Waals surface area contributed by atoms with Gasteiger partial charge in [-0.3, -0.25) is 4.90 Å². The molecule has 158 valence electrons. The van der Waals surface area contributed by atoms with Gasteiger partial charge in [-0.1, -0.05) is 22.9 Å². The lowest BCUT2D eigenvalue weighted by Gasteiger charge is -2.26. The van der Waals surface area contributed by atoms with Gasteiger partial charge in [-0.05, 0) is 23.8 Å². The lowest BCUT2D eigenvalue weighted by Crippen LogP contribution is -2.32. The molecule has 0 spiro atoms. The van der Waals surface area contributed by atoms with Crippen LogP contribution in [0.5, 0.6) is 5.88 Å². The van der Waals surface area contributed by atoms with Gasteiger partial charge < -0.3 is 9.47 Å². The first-order chi connectivity index (χ1) is 14.1. The van der Waals surface area contributed by atoms with Gasteiger partial charge in [-0.15, -0.1) is 17.5 Å². The minimum Gasteiger partial charge on any atom is -0.481 e. The minimum absolute atomic E-state index is 0. The first-order valence-corrected chi connectivity index (χ1v) is 9.72. The highest BCUT2D eigenvalue weighted by molar-refractivity contribution is 6.33. The average molecular weight is 452 g/mol. The van der Waals surface area contributed by atoms with Gasteiger partial charge in [0.25, 0.3) is 0 Å². The van der Waals surface area contributed by atoms with Crippen LogP contribution in [-0.2, 0) is 17.9 Å². The predicted molar refractivity (Wildman–Crippen MR) is 111 cm³/mol. The Balaban J connectivity index is 0.00000218. The Labute approximate surface area is 184 Å². The second-order valence-corrected chi connectivity index (χ2v) is 7.68. The standard InChI is InChI=1S/C20H19ClFN5O2.ClH/c1-28-19-5-2-12(7-23-19)8-26-9-16-18(10-26)29-11-17-20(24-25-27(16)17)14-4-3-13(22)6-15(14)21;/h2-7,16,18H,8-11H2,1H3;1H/t16-,18-;/m1./s1. The quantitative estimate of drug-likeness (QED) is 0.604. The Morgan fingerprint density at radius 1 is 1.27 bits per heavy atom. The number of nitrogens with zero attached hydrogens (tertiary/aromatic N) is 5. The third-order valence-electron chi connectivity index (χ3n) is 5.45. The summed E-state index contributed by atoms with van der Waals surface area (Å²) in [5.74, 6) is 0.224. The number of rotatable bonds is 4. The number of fused-ring (bicyclic) bond motifs is 3. The zero-order valence-corrected chi connectivity index (χ0v) is 17.7. The molecular weight excluding hydrogens is 432 g/mol. The fourth-order valence-corrected chi connectivity index (χ4v) is 4.29. The Hall–Kier alpha value is -2.26. The summed E-state index contributed by atoms with van der Waals surface area (Å²) >= 11 is 6.23. The molecule has 2 aliphatic heterocycles. The van der Waals surface area contributed by atoms with E-state index in [1.807, 2.05) is 23.0 Å². The van der Waals surface area contributed by atoms with Gasteiger partial charge >= 0.3 is 0 Å². The minimum atomic E-state index is -0.379. The van der Waals surface area contributed by atoms with Crippen LogP contribution in [0.1, 0.15) is 17.3 Å². The Kier molecular flexibility index (Phi) is 5.92. The van der Waals surface area contributed by atoms with E-state index < -0.39 is 0 Å². The number of hydrogen-bond donors (Lipinski definition) is 0. The molecule has 7 nitrogen and oxygen atoms in total. The van der Waals surface area contributed by atoms with Crippen LogP contribution in [0.25, 0.3) is 11.3 Å². The second kappa shape index (κ2) is 8.47. The van der Waals surface area contributed by atoms with Crippen LogP contribution in [0.2, 0.25) is 5.02 Å². The Morgan fingerprint density at radius 3 is 2.87 bits per heavy atom. The van der Waals surface area contributed by atoms with E-state index in [2.05, 4.69) is 20.2 Å². The molecule has 4 heterocycles. The Bertz CT molecular complexity index is 1050. The number of benzene rings is 1. The maximum Gasteiger partial charge on any atom is 0.212 e. The fraction of sp³-hybridized carbons (Fsp3) is 0.350. The van der Waals surface area contributed by atoms with Crippen molar-refractivity contribution >= 4 is 24.0 Å². The molecule has 0 N–H and O–H groups in total. The topological polar surface area (TPSA) is 65.3 Å². The van der Waals surface area contributed by atoms with Gasteiger partial charge in [-0.2, -0.15) is 0 Å². The van der Waals surface area contributed by atoms with E-state index in [0.717, 1.165) is 30.9 Å². The van der Waals surface area contributed by atoms with Crippen LogP contribution in [-0.4, -0.2) is 51.2 Å². The van der Waals surface area contributed by atoms with Crippen molar-refractivity contribution in [2.75, 3.05) is 20.2 Å². The molecular formula is C20H20Cl2FN5O2. The van der Waals surface area contributed by atoms with E-state index >= 15 is 0 Å². The van der Waals surface area contributed by atoms with E-state index in [4.69, 9.17) is 21.1 Å². The van der Waals surface area contributed by atoms with Crippen molar-refractivity contribution in [3.8, 4) is 17.1 Å². The molecule has 1 fully saturated rings. The number of hydrogen-bond acceptors (Lipinski definition) is 6. The summed E-state index contributed by atoms with van der Waals surface area (Å²) in [7, 11) is 1.60. The zero-order valence-electron chi connectivity index (χ0n) is 16.2. The fourth-order valence-electron chi connectivity index (χ4n) is 4.03. The van der Waals surface area contributed by atoms with E-state index in [1.165, 1.54) is 12.1 Å². The molecule has 1 saturated heterocycles. The number of halogens is 3. The van der Waals surface area contributed by atoms with Crippen LogP contribution in [0.15, 0.2) is 36.5 Å². The summed E-state index contributed by atoms with van der Waals surface area (Å²) in [5.41, 5.74) is 3.29. The lowest BCUT2D eigenvalue weighted by atomic mass is 10.1. The molecule has 2 aliphatic rings. The highest BCUT2D eigenvalue weighted by atomic mass is 35.5. The van der Waals surface area contributed by atoms with Gasteiger partial charge in [0.1, 0.15) is 11.5 Å². The number of aromatic nitrogens is 4. The van der Waals surface area contributed by atoms with Gasteiger partial charge in [-0.25, -0.2) is 14.1 Å². The molecule has 0 unspecified atom stereocenters. The highest BCUT2D eigenvalue weighted by Crippen LogP contribution is 2.36. The van der Waals surface area contributed by atoms with Crippen molar-refractivity contribution in [3.05, 3.63) is 58.6 Å². The Morgan fingerprint density at radius 2 is 2.13 bits per heavy atom. The molecule has 2 aromatic heterocycles. The first kappa shape index (κ1) is 21.0. The molecule has 0 radical (unpaired) electrons. The van der Waals surface area contributed by atoms with Crippen LogP contribution in [0.3, 0.4) is 0 Å². The van der Waals surface area contributed by atoms with E-state index in [9.17, 15) is 4.39 Å². The third-order valence-corrected chi connectivity index (χ3v) is 5.76. The number of likely N-dealkylation sites (tertiary alicyclic amines) is 1. The summed E-state index contributed by atoms with van der Waals surface area (Å²) in [6.07, 6.45) is 1.88. The molecule has 5 rings (SSSR count). The average Bonchev–Trinajstić information content (AvgIpc) is 3.32. The van der Waals surface area contributed by atoms with Crippen molar-refractivity contribution in [2.24, 2.45) is 0 Å². The largest absolute Gasteiger partial charge is 0.481 e. The molecule has 0 bridgehead atoms. The van der Waals surface area contributed by atoms with Crippen molar-refractivity contribution in [1.29, 1.82) is 0 Å². The molecule has 0 amide bonds. The maximum absolute atomic E-state index is 13.4. The number of ether oxygens (including phenoxy) is 2. The predicted octanol–water partition coefficient (Wildman–Crippen LogP) is 3.52. The molecule has 0 saturated carbocycles. The van der Waals surface area contributed by atoms with E-state index in [1.54, 1.807) is 13.2 Å². The van der Waals surface area contributed by atoms with Crippen LogP contribution >= 0.6 is 24.0 Å². The van der Waals surface area contributed by atoms with Gasteiger partial charge in [0.2, 0.25) is 5.88 Å². The maximum atomic E-state index is 13.4. The van der Waals surface area contributed by atoms with Crippen molar-refractivity contribution in [1.82, 2.24) is 24.9 Å². The monoisotopic (exact) mass is 451 g/mol. The SMILES string of the molecule is COc1ccc(CN2C[C@@H]3[C@@H](C2)OCc2c(-c4ccc(F)cc4Cl)nnn23)cn1.Cl. The molecule has 3 aromatic rings. The van der Waals surface area contributed by atoms with Crippen LogP contribution in [0, 0.1) is 5.82 Å². The lowest BCUT2D eigenvalue weighted by molar-refractivity contribution is -0.00494. The van der Waals surface area contributed by atoms with Crippen LogP contribution in [0.4, 0.5) is 4.39 Å². The number of methoxy groups -OCH3 is 1. The molecule has 10 heteroatoms. The summed E-state index contributed by atoms with van der Waals surface area (Å²) in [6, 6.07) is 8.25. The van der Waals surface area contributed by atoms with E-state index in [0.29, 0.717) is 28.8 Å². The van der Waals surface area contributed by atoms with E-state index in [-0.39, 0.29) is 30.4 Å². The van der Waals surface area contributed by atoms with Crippen molar-refractivity contribution < 1.29 is 13.9 Å². The first-order valence-electron chi connectivity index (χ1n) is 9.34. The zero-order chi connectivity index (χ0) is 20.0. The van der Waals surface area contributed by atoms with Crippen molar-refractivity contribution in [2.45, 2.75) is 25.3 Å². The second-order valence-electron chi connectivity index (χ2n) is 7.27. The third kappa shape index (κ3) is 3.76. The molecule has 1 aromatic carbocycles. The molecule has 30 heavy (non-hydrogen) atoms. The summed E-state index contributed by atoms with van der Waals surface area (Å²) < 4.78 is 26.6.